The lowest BCUT2D eigenvalue weighted by molar-refractivity contribution is 0.102. The Morgan fingerprint density at radius 3 is 2.55 bits per heavy atom. The molecule has 1 amide bonds. The molecule has 2 aromatic carbocycles. The second kappa shape index (κ2) is 8.02. The monoisotopic (exact) mass is 449 g/mol. The third-order valence-electron chi connectivity index (χ3n) is 5.20. The van der Waals surface area contributed by atoms with Gasteiger partial charge in [0.15, 0.2) is 5.13 Å². The van der Waals surface area contributed by atoms with Gasteiger partial charge in [0.1, 0.15) is 0 Å². The van der Waals surface area contributed by atoms with Crippen molar-refractivity contribution >= 4 is 54.2 Å². The number of thiazole rings is 1. The Hall–Kier alpha value is -2.00. The SMILES string of the molecule is CN(C1CCCC1)S(=O)(=O)c1ccc(C(=O)Nc2nc3ccc(Cl)cc3s2)cc1. The molecule has 1 heterocycles. The van der Waals surface area contributed by atoms with E-state index in [0.29, 0.717) is 15.7 Å². The number of nitrogens with one attached hydrogen (secondary N) is 1. The molecule has 6 nitrogen and oxygen atoms in total. The number of amides is 1. The molecular weight excluding hydrogens is 430 g/mol. The molecule has 0 bridgehead atoms. The number of aromatic nitrogens is 1. The summed E-state index contributed by atoms with van der Waals surface area (Å²) < 4.78 is 28.0. The lowest BCUT2D eigenvalue weighted by Gasteiger charge is -2.23. The number of nitrogens with zero attached hydrogens (tertiary/aromatic N) is 2. The van der Waals surface area contributed by atoms with Crippen molar-refractivity contribution in [2.75, 3.05) is 12.4 Å². The second-order valence-corrected chi connectivity index (χ2v) is 10.5. The van der Waals surface area contributed by atoms with Gasteiger partial charge in [0.25, 0.3) is 5.91 Å². The van der Waals surface area contributed by atoms with Crippen LogP contribution >= 0.6 is 22.9 Å². The minimum atomic E-state index is -3.57. The van der Waals surface area contributed by atoms with E-state index in [9.17, 15) is 13.2 Å². The Balaban J connectivity index is 1.49. The summed E-state index contributed by atoms with van der Waals surface area (Å²) in [6.45, 7) is 0. The molecule has 3 aromatic rings. The van der Waals surface area contributed by atoms with Crippen molar-refractivity contribution in [3.8, 4) is 0 Å². The van der Waals surface area contributed by atoms with Crippen molar-refractivity contribution in [1.29, 1.82) is 0 Å². The molecule has 1 saturated carbocycles. The maximum absolute atomic E-state index is 12.8. The van der Waals surface area contributed by atoms with Gasteiger partial charge < -0.3 is 0 Å². The highest BCUT2D eigenvalue weighted by Gasteiger charge is 2.30. The van der Waals surface area contributed by atoms with Crippen LogP contribution in [0.5, 0.6) is 0 Å². The molecule has 152 valence electrons. The van der Waals surface area contributed by atoms with Gasteiger partial charge in [0, 0.05) is 23.7 Å². The molecule has 9 heteroatoms. The number of halogens is 1. The largest absolute Gasteiger partial charge is 0.298 e. The van der Waals surface area contributed by atoms with Crippen molar-refractivity contribution < 1.29 is 13.2 Å². The Bertz CT molecular complexity index is 1150. The van der Waals surface area contributed by atoms with Crippen molar-refractivity contribution in [3.05, 3.63) is 53.1 Å². The number of benzene rings is 2. The zero-order valence-electron chi connectivity index (χ0n) is 15.8. The Morgan fingerprint density at radius 1 is 1.17 bits per heavy atom. The van der Waals surface area contributed by atoms with Crippen molar-refractivity contribution in [1.82, 2.24) is 9.29 Å². The standard InChI is InChI=1S/C20H20ClN3O3S2/c1-24(15-4-2-3-5-15)29(26,27)16-9-6-13(7-10-16)19(25)23-20-22-17-11-8-14(21)12-18(17)28-20/h6-12,15H,2-5H2,1H3,(H,22,23,25). The van der Waals surface area contributed by atoms with Crippen LogP contribution < -0.4 is 5.32 Å². The van der Waals surface area contributed by atoms with E-state index < -0.39 is 10.0 Å². The predicted molar refractivity (Wildman–Crippen MR) is 116 cm³/mol. The number of hydrogen-bond donors (Lipinski definition) is 1. The van der Waals surface area contributed by atoms with E-state index in [2.05, 4.69) is 10.3 Å². The highest BCUT2D eigenvalue weighted by Crippen LogP contribution is 2.29. The summed E-state index contributed by atoms with van der Waals surface area (Å²) in [6, 6.07) is 11.4. The highest BCUT2D eigenvalue weighted by molar-refractivity contribution is 7.89. The Labute approximate surface area is 178 Å². The van der Waals surface area contributed by atoms with E-state index in [1.807, 2.05) is 0 Å². The number of rotatable bonds is 5. The average molecular weight is 450 g/mol. The fourth-order valence-corrected chi connectivity index (χ4v) is 6.08. The Morgan fingerprint density at radius 2 is 1.86 bits per heavy atom. The first-order valence-corrected chi connectivity index (χ1v) is 11.9. The van der Waals surface area contributed by atoms with Crippen LogP contribution in [0.3, 0.4) is 0 Å². The molecule has 0 atom stereocenters. The summed E-state index contributed by atoms with van der Waals surface area (Å²) in [5, 5.41) is 3.83. The first-order chi connectivity index (χ1) is 13.8. The number of carbonyl (C=O) groups excluding carboxylic acids is 1. The normalized spacial score (nSPS) is 15.3. The fraction of sp³-hybridized carbons (Fsp3) is 0.300. The number of anilines is 1. The molecule has 1 aliphatic rings. The van der Waals surface area contributed by atoms with Gasteiger partial charge in [-0.05, 0) is 55.3 Å². The van der Waals surface area contributed by atoms with Crippen LogP contribution in [0.1, 0.15) is 36.0 Å². The maximum atomic E-state index is 12.8. The second-order valence-electron chi connectivity index (χ2n) is 7.07. The summed E-state index contributed by atoms with van der Waals surface area (Å²) in [5.41, 5.74) is 1.12. The number of fused-ring (bicyclic) bond motifs is 1. The van der Waals surface area contributed by atoms with Crippen molar-refractivity contribution in [2.24, 2.45) is 0 Å². The first kappa shape index (κ1) is 20.3. The summed E-state index contributed by atoms with van der Waals surface area (Å²) in [4.78, 5) is 17.1. The van der Waals surface area contributed by atoms with Gasteiger partial charge in [-0.15, -0.1) is 0 Å². The van der Waals surface area contributed by atoms with Crippen molar-refractivity contribution in [3.63, 3.8) is 0 Å². The lowest BCUT2D eigenvalue weighted by atomic mass is 10.2. The average Bonchev–Trinajstić information content (AvgIpc) is 3.36. The molecule has 0 radical (unpaired) electrons. The van der Waals surface area contributed by atoms with E-state index in [0.717, 1.165) is 35.9 Å². The van der Waals surface area contributed by atoms with Gasteiger partial charge in [0.2, 0.25) is 10.0 Å². The molecule has 1 fully saturated rings. The summed E-state index contributed by atoms with van der Waals surface area (Å²) in [6.07, 6.45) is 3.90. The molecule has 29 heavy (non-hydrogen) atoms. The van der Waals surface area contributed by atoms with Crippen LogP contribution in [0.25, 0.3) is 10.2 Å². The molecule has 0 aliphatic heterocycles. The fourth-order valence-electron chi connectivity index (χ4n) is 3.53. The predicted octanol–water partition coefficient (Wildman–Crippen LogP) is 4.77. The zero-order valence-corrected chi connectivity index (χ0v) is 18.1. The van der Waals surface area contributed by atoms with E-state index in [4.69, 9.17) is 11.6 Å². The third kappa shape index (κ3) is 4.16. The molecule has 0 saturated heterocycles. The smallest absolute Gasteiger partial charge is 0.257 e. The van der Waals surface area contributed by atoms with Gasteiger partial charge in [-0.1, -0.05) is 35.8 Å². The summed E-state index contributed by atoms with van der Waals surface area (Å²) >= 11 is 7.31. The molecular formula is C20H20ClN3O3S2. The van der Waals surface area contributed by atoms with Gasteiger partial charge >= 0.3 is 0 Å². The van der Waals surface area contributed by atoms with E-state index >= 15 is 0 Å². The summed E-state index contributed by atoms with van der Waals surface area (Å²) in [5.74, 6) is -0.344. The van der Waals surface area contributed by atoms with E-state index in [1.165, 1.54) is 39.9 Å². The van der Waals surface area contributed by atoms with E-state index in [-0.39, 0.29) is 16.8 Å². The van der Waals surface area contributed by atoms with Crippen LogP contribution in [0.15, 0.2) is 47.4 Å². The molecule has 1 aromatic heterocycles. The van der Waals surface area contributed by atoms with Crippen LogP contribution in [0.2, 0.25) is 5.02 Å². The molecule has 0 unspecified atom stereocenters. The molecule has 1 N–H and O–H groups in total. The quantitative estimate of drug-likeness (QED) is 0.608. The van der Waals surface area contributed by atoms with E-state index in [1.54, 1.807) is 25.2 Å². The van der Waals surface area contributed by atoms with Gasteiger partial charge in [-0.2, -0.15) is 4.31 Å². The van der Waals surface area contributed by atoms with Crippen LogP contribution in [0, 0.1) is 0 Å². The number of hydrogen-bond acceptors (Lipinski definition) is 5. The van der Waals surface area contributed by atoms with Gasteiger partial charge in [0.05, 0.1) is 15.1 Å². The molecule has 4 rings (SSSR count). The first-order valence-electron chi connectivity index (χ1n) is 9.30. The maximum Gasteiger partial charge on any atom is 0.257 e. The van der Waals surface area contributed by atoms with Gasteiger partial charge in [-0.25, -0.2) is 13.4 Å². The van der Waals surface area contributed by atoms with Crippen LogP contribution in [-0.4, -0.2) is 36.7 Å². The van der Waals surface area contributed by atoms with Gasteiger partial charge in [-0.3, -0.25) is 10.1 Å². The summed E-state index contributed by atoms with van der Waals surface area (Å²) in [7, 11) is -1.94. The topological polar surface area (TPSA) is 79.4 Å². The van der Waals surface area contributed by atoms with Crippen LogP contribution in [-0.2, 0) is 10.0 Å². The minimum Gasteiger partial charge on any atom is -0.298 e. The Kier molecular flexibility index (Phi) is 5.61. The lowest BCUT2D eigenvalue weighted by Crippen LogP contribution is -2.35. The zero-order chi connectivity index (χ0) is 20.6. The molecule has 1 aliphatic carbocycles. The van der Waals surface area contributed by atoms with Crippen LogP contribution in [0.4, 0.5) is 5.13 Å². The number of sulfonamides is 1. The number of carbonyl (C=O) groups is 1. The molecule has 0 spiro atoms. The highest BCUT2D eigenvalue weighted by atomic mass is 35.5. The minimum absolute atomic E-state index is 0.0514. The van der Waals surface area contributed by atoms with Crippen molar-refractivity contribution in [2.45, 2.75) is 36.6 Å². The third-order valence-corrected chi connectivity index (χ3v) is 8.30.